The lowest BCUT2D eigenvalue weighted by Crippen LogP contribution is -2.28. The fourth-order valence-electron chi connectivity index (χ4n) is 4.49. The number of allylic oxidation sites excluding steroid dienone is 1. The Balaban J connectivity index is 1.36. The van der Waals surface area contributed by atoms with Crippen molar-refractivity contribution in [1.82, 2.24) is 5.32 Å². The second kappa shape index (κ2) is 12.9. The molecule has 0 amide bonds. The van der Waals surface area contributed by atoms with E-state index in [0.29, 0.717) is 12.7 Å². The molecule has 0 spiro atoms. The van der Waals surface area contributed by atoms with Crippen molar-refractivity contribution in [2.75, 3.05) is 6.54 Å². The summed E-state index contributed by atoms with van der Waals surface area (Å²) in [5, 5.41) is 3.35. The zero-order valence-electron chi connectivity index (χ0n) is 20.2. The molecule has 1 aliphatic rings. The molecule has 0 aromatic heterocycles. The van der Waals surface area contributed by atoms with Crippen LogP contribution in [0.5, 0.6) is 5.75 Å². The highest BCUT2D eigenvalue weighted by molar-refractivity contribution is 14.1. The molecule has 184 valence electrons. The molecule has 0 aliphatic heterocycles. The number of halogens is 2. The van der Waals surface area contributed by atoms with E-state index in [4.69, 9.17) is 9.47 Å². The van der Waals surface area contributed by atoms with Gasteiger partial charge < -0.3 is 14.8 Å². The van der Waals surface area contributed by atoms with Crippen molar-refractivity contribution < 1.29 is 9.47 Å². The molecule has 4 rings (SSSR count). The van der Waals surface area contributed by atoms with E-state index >= 15 is 0 Å². The van der Waals surface area contributed by atoms with Crippen LogP contribution in [-0.4, -0.2) is 18.8 Å². The molecule has 1 saturated carbocycles. The quantitative estimate of drug-likeness (QED) is 0.225. The SMILES string of the molecule is C=C(C)NCCc1ccc(OC2CCC(OCc3ccc(Br)cc3)CC2)cc1-c1cccc(I)c1. The first-order valence-electron chi connectivity index (χ1n) is 12.3. The average molecular weight is 646 g/mol. The van der Waals surface area contributed by atoms with Gasteiger partial charge in [0.05, 0.1) is 18.8 Å². The number of rotatable bonds is 10. The Morgan fingerprint density at radius 3 is 2.46 bits per heavy atom. The lowest BCUT2D eigenvalue weighted by atomic mass is 9.94. The second-order valence-corrected chi connectivity index (χ2v) is 11.4. The van der Waals surface area contributed by atoms with E-state index in [0.717, 1.165) is 54.6 Å². The standard InChI is InChI=1S/C30H33BrINO2/c1-21(2)33-17-16-23-8-11-29(19-30(23)24-4-3-5-26(32)18-24)35-28-14-12-27(13-15-28)34-20-22-6-9-25(31)10-7-22/h3-11,18-19,27-28,33H,1,12-17,20H2,2H3. The molecule has 35 heavy (non-hydrogen) atoms. The molecule has 1 aliphatic carbocycles. The Bertz CT molecular complexity index is 1120. The van der Waals surface area contributed by atoms with Gasteiger partial charge in [-0.25, -0.2) is 0 Å². The van der Waals surface area contributed by atoms with Crippen molar-refractivity contribution in [2.24, 2.45) is 0 Å². The summed E-state index contributed by atoms with van der Waals surface area (Å²) < 4.78 is 15.0. The molecule has 3 nitrogen and oxygen atoms in total. The van der Waals surface area contributed by atoms with Gasteiger partial charge >= 0.3 is 0 Å². The van der Waals surface area contributed by atoms with Gasteiger partial charge in [0.25, 0.3) is 0 Å². The Labute approximate surface area is 231 Å². The van der Waals surface area contributed by atoms with E-state index in [1.165, 1.54) is 25.8 Å². The molecule has 0 bridgehead atoms. The van der Waals surface area contributed by atoms with E-state index in [9.17, 15) is 0 Å². The fraction of sp³-hybridized carbons (Fsp3) is 0.333. The minimum absolute atomic E-state index is 0.238. The minimum atomic E-state index is 0.238. The lowest BCUT2D eigenvalue weighted by molar-refractivity contribution is -0.00661. The zero-order valence-corrected chi connectivity index (χ0v) is 24.0. The van der Waals surface area contributed by atoms with Gasteiger partial charge in [-0.3, -0.25) is 0 Å². The van der Waals surface area contributed by atoms with Crippen LogP contribution in [0.15, 0.2) is 83.5 Å². The lowest BCUT2D eigenvalue weighted by Gasteiger charge is -2.29. The normalized spacial score (nSPS) is 17.7. The first-order valence-corrected chi connectivity index (χ1v) is 14.1. The first kappa shape index (κ1) is 26.2. The summed E-state index contributed by atoms with van der Waals surface area (Å²) in [6, 6.07) is 23.6. The van der Waals surface area contributed by atoms with Crippen LogP contribution in [-0.2, 0) is 17.8 Å². The van der Waals surface area contributed by atoms with E-state index in [2.05, 4.69) is 117 Å². The van der Waals surface area contributed by atoms with Gasteiger partial charge in [-0.1, -0.05) is 52.8 Å². The molecular formula is C30H33BrINO2. The van der Waals surface area contributed by atoms with E-state index < -0.39 is 0 Å². The number of nitrogens with one attached hydrogen (secondary N) is 1. The molecule has 0 heterocycles. The molecule has 1 N–H and O–H groups in total. The van der Waals surface area contributed by atoms with Gasteiger partial charge in [-0.05, 0) is 120 Å². The van der Waals surface area contributed by atoms with Crippen molar-refractivity contribution >= 4 is 38.5 Å². The molecule has 3 aromatic carbocycles. The van der Waals surface area contributed by atoms with Crippen molar-refractivity contribution in [2.45, 2.75) is 57.8 Å². The van der Waals surface area contributed by atoms with Gasteiger partial charge in [-0.2, -0.15) is 0 Å². The van der Waals surface area contributed by atoms with Crippen molar-refractivity contribution in [3.05, 3.63) is 98.2 Å². The van der Waals surface area contributed by atoms with Crippen LogP contribution in [0, 0.1) is 3.57 Å². The maximum Gasteiger partial charge on any atom is 0.120 e. The maximum absolute atomic E-state index is 6.48. The van der Waals surface area contributed by atoms with Crippen molar-refractivity contribution in [1.29, 1.82) is 0 Å². The smallest absolute Gasteiger partial charge is 0.120 e. The number of hydrogen-bond donors (Lipinski definition) is 1. The molecule has 0 atom stereocenters. The van der Waals surface area contributed by atoms with Gasteiger partial charge in [0, 0.05) is 20.3 Å². The predicted octanol–water partition coefficient (Wildman–Crippen LogP) is 8.29. The molecule has 5 heteroatoms. The van der Waals surface area contributed by atoms with E-state index in [1.807, 2.05) is 6.92 Å². The average Bonchev–Trinajstić information content (AvgIpc) is 2.85. The summed E-state index contributed by atoms with van der Waals surface area (Å²) in [7, 11) is 0. The second-order valence-electron chi connectivity index (χ2n) is 9.24. The van der Waals surface area contributed by atoms with Crippen LogP contribution in [0.3, 0.4) is 0 Å². The fourth-order valence-corrected chi connectivity index (χ4v) is 5.29. The Kier molecular flexibility index (Phi) is 9.69. The van der Waals surface area contributed by atoms with Crippen LogP contribution in [0.2, 0.25) is 0 Å². The van der Waals surface area contributed by atoms with Crippen LogP contribution in [0.4, 0.5) is 0 Å². The van der Waals surface area contributed by atoms with Gasteiger partial charge in [0.2, 0.25) is 0 Å². The minimum Gasteiger partial charge on any atom is -0.490 e. The van der Waals surface area contributed by atoms with Gasteiger partial charge in [0.1, 0.15) is 5.75 Å². The summed E-state index contributed by atoms with van der Waals surface area (Å²) in [4.78, 5) is 0. The summed E-state index contributed by atoms with van der Waals surface area (Å²) in [5.41, 5.74) is 6.01. The summed E-state index contributed by atoms with van der Waals surface area (Å²) in [5.74, 6) is 0.953. The van der Waals surface area contributed by atoms with E-state index in [-0.39, 0.29) is 6.10 Å². The van der Waals surface area contributed by atoms with Crippen molar-refractivity contribution in [3.63, 3.8) is 0 Å². The van der Waals surface area contributed by atoms with Gasteiger partial charge in [0.15, 0.2) is 0 Å². The summed E-state index contributed by atoms with van der Waals surface area (Å²) >= 11 is 5.87. The number of ether oxygens (including phenoxy) is 2. The van der Waals surface area contributed by atoms with Crippen LogP contribution in [0.1, 0.15) is 43.7 Å². The number of hydrogen-bond acceptors (Lipinski definition) is 3. The predicted molar refractivity (Wildman–Crippen MR) is 157 cm³/mol. The first-order chi connectivity index (χ1) is 17.0. The van der Waals surface area contributed by atoms with Crippen LogP contribution < -0.4 is 10.1 Å². The van der Waals surface area contributed by atoms with Crippen LogP contribution >= 0.6 is 38.5 Å². The Hall–Kier alpha value is -1.83. The molecule has 3 aromatic rings. The molecule has 0 saturated heterocycles. The number of benzene rings is 3. The summed E-state index contributed by atoms with van der Waals surface area (Å²) in [6.07, 6.45) is 5.60. The Morgan fingerprint density at radius 1 is 1.00 bits per heavy atom. The molecule has 0 radical (unpaired) electrons. The third-order valence-electron chi connectivity index (χ3n) is 6.36. The highest BCUT2D eigenvalue weighted by Crippen LogP contribution is 2.32. The van der Waals surface area contributed by atoms with Gasteiger partial charge in [-0.15, -0.1) is 0 Å². The zero-order chi connectivity index (χ0) is 24.6. The molecule has 1 fully saturated rings. The molecular weight excluding hydrogens is 613 g/mol. The topological polar surface area (TPSA) is 30.5 Å². The third-order valence-corrected chi connectivity index (χ3v) is 7.56. The largest absolute Gasteiger partial charge is 0.490 e. The monoisotopic (exact) mass is 645 g/mol. The Morgan fingerprint density at radius 2 is 1.74 bits per heavy atom. The highest BCUT2D eigenvalue weighted by Gasteiger charge is 2.23. The van der Waals surface area contributed by atoms with E-state index in [1.54, 1.807) is 0 Å². The molecule has 0 unspecified atom stereocenters. The maximum atomic E-state index is 6.48. The highest BCUT2D eigenvalue weighted by atomic mass is 127. The van der Waals surface area contributed by atoms with Crippen molar-refractivity contribution in [3.8, 4) is 16.9 Å². The summed E-state index contributed by atoms with van der Waals surface area (Å²) in [6.45, 7) is 7.49. The third kappa shape index (κ3) is 8.09. The van der Waals surface area contributed by atoms with Crippen LogP contribution in [0.25, 0.3) is 11.1 Å².